The Morgan fingerprint density at radius 2 is 1.05 bits per heavy atom. The van der Waals surface area contributed by atoms with Crippen molar-refractivity contribution in [2.45, 2.75) is 85.9 Å². The van der Waals surface area contributed by atoms with Gasteiger partial charge in [-0.3, -0.25) is 0 Å². The van der Waals surface area contributed by atoms with E-state index < -0.39 is 19.2 Å². The molecule has 0 bridgehead atoms. The Labute approximate surface area is 132 Å². The predicted octanol–water partition coefficient (Wildman–Crippen LogP) is 4.22. The molecule has 0 aromatic carbocycles. The van der Waals surface area contributed by atoms with Crippen LogP contribution in [0.15, 0.2) is 0 Å². The number of carbonyl (C=O) groups is 2. The number of carbonyl (C=O) groups excluding carboxylic acids is 2. The zero-order valence-corrected chi connectivity index (χ0v) is 16.2. The van der Waals surface area contributed by atoms with Gasteiger partial charge in [0.05, 0.1) is 0 Å². The average molecular weight is 403 g/mol. The van der Waals surface area contributed by atoms with Crippen LogP contribution in [0.25, 0.3) is 0 Å². The van der Waals surface area contributed by atoms with Gasteiger partial charge in [-0.25, -0.2) is 0 Å². The molecule has 2 rings (SSSR count). The number of rotatable bonds is 4. The number of hydrogen-bond acceptors (Lipinski definition) is 4. The molecule has 0 aromatic rings. The van der Waals surface area contributed by atoms with Gasteiger partial charge in [-0.2, -0.15) is 0 Å². The van der Waals surface area contributed by atoms with E-state index in [4.69, 9.17) is 6.15 Å². The summed E-state index contributed by atoms with van der Waals surface area (Å²) in [5.74, 6) is -0.494. The zero-order valence-electron chi connectivity index (χ0n) is 13.4. The van der Waals surface area contributed by atoms with Crippen molar-refractivity contribution in [1.82, 2.24) is 0 Å². The molecule has 5 heteroatoms. The van der Waals surface area contributed by atoms with Gasteiger partial charge in [0.25, 0.3) is 0 Å². The summed E-state index contributed by atoms with van der Waals surface area (Å²) in [5, 5.41) is 0. The second kappa shape index (κ2) is 7.84. The first kappa shape index (κ1) is 17.1. The van der Waals surface area contributed by atoms with Gasteiger partial charge in [0.1, 0.15) is 0 Å². The Hall–Kier alpha value is -0.261. The van der Waals surface area contributed by atoms with E-state index >= 15 is 0 Å². The molecule has 120 valence electrons. The molecule has 21 heavy (non-hydrogen) atoms. The van der Waals surface area contributed by atoms with Crippen LogP contribution in [0.4, 0.5) is 0 Å². The van der Waals surface area contributed by atoms with Crippen LogP contribution in [0.5, 0.6) is 0 Å². The molecule has 2 aliphatic carbocycles. The van der Waals surface area contributed by atoms with E-state index in [0.29, 0.717) is 7.87 Å². The Balaban J connectivity index is 2.29. The van der Waals surface area contributed by atoms with Gasteiger partial charge in [0.2, 0.25) is 0 Å². The van der Waals surface area contributed by atoms with E-state index in [1.807, 2.05) is 0 Å². The molecule has 0 aromatic heterocycles. The van der Waals surface area contributed by atoms with Crippen molar-refractivity contribution in [1.29, 1.82) is 0 Å². The van der Waals surface area contributed by atoms with Crippen LogP contribution >= 0.6 is 0 Å². The SMILES string of the molecule is CC(=O)[O][Sn]([O]C(C)=O)([CH]1CCCCC1)[CH]1CCCCC1. The van der Waals surface area contributed by atoms with Gasteiger partial charge in [-0.05, 0) is 0 Å². The third-order valence-corrected chi connectivity index (χ3v) is 18.2. The average Bonchev–Trinajstić information content (AvgIpc) is 2.47. The second-order valence-electron chi connectivity index (χ2n) is 6.58. The molecule has 2 saturated carbocycles. The van der Waals surface area contributed by atoms with E-state index in [1.165, 1.54) is 52.4 Å². The van der Waals surface area contributed by atoms with Crippen LogP contribution in [-0.2, 0) is 15.7 Å². The summed E-state index contributed by atoms with van der Waals surface area (Å²) in [5.41, 5.74) is 0. The Bertz CT molecular complexity index is 334. The summed E-state index contributed by atoms with van der Waals surface area (Å²) in [6, 6.07) is 0. The third kappa shape index (κ3) is 4.36. The summed E-state index contributed by atoms with van der Waals surface area (Å²) in [6.45, 7) is 2.95. The van der Waals surface area contributed by atoms with Gasteiger partial charge in [0.15, 0.2) is 0 Å². The molecular weight excluding hydrogens is 375 g/mol. The normalized spacial score (nSPS) is 21.8. The maximum absolute atomic E-state index is 11.8. The monoisotopic (exact) mass is 404 g/mol. The quantitative estimate of drug-likeness (QED) is 0.660. The van der Waals surface area contributed by atoms with Crippen LogP contribution in [0, 0.1) is 0 Å². The molecule has 0 unspecified atom stereocenters. The minimum absolute atomic E-state index is 0.247. The van der Waals surface area contributed by atoms with Crippen molar-refractivity contribution in [3.05, 3.63) is 0 Å². The van der Waals surface area contributed by atoms with Crippen LogP contribution in [0.2, 0.25) is 7.87 Å². The summed E-state index contributed by atoms with van der Waals surface area (Å²) in [6.07, 6.45) is 11.5. The van der Waals surface area contributed by atoms with Crippen molar-refractivity contribution < 1.29 is 15.7 Å². The van der Waals surface area contributed by atoms with Crippen molar-refractivity contribution in [2.75, 3.05) is 0 Å². The Morgan fingerprint density at radius 1 is 0.714 bits per heavy atom. The van der Waals surface area contributed by atoms with E-state index in [1.54, 1.807) is 0 Å². The molecule has 0 radical (unpaired) electrons. The van der Waals surface area contributed by atoms with Crippen molar-refractivity contribution in [2.24, 2.45) is 0 Å². The summed E-state index contributed by atoms with van der Waals surface area (Å²) >= 11 is -3.74. The molecule has 4 nitrogen and oxygen atoms in total. The van der Waals surface area contributed by atoms with E-state index in [-0.39, 0.29) is 11.9 Å². The molecule has 0 heterocycles. The van der Waals surface area contributed by atoms with Crippen LogP contribution in [0.3, 0.4) is 0 Å². The van der Waals surface area contributed by atoms with E-state index in [9.17, 15) is 9.59 Å². The fourth-order valence-corrected chi connectivity index (χ4v) is 17.6. The van der Waals surface area contributed by atoms with Crippen molar-refractivity contribution in [3.63, 3.8) is 0 Å². The van der Waals surface area contributed by atoms with Crippen molar-refractivity contribution >= 4 is 31.1 Å². The van der Waals surface area contributed by atoms with Gasteiger partial charge < -0.3 is 0 Å². The molecule has 0 atom stereocenters. The first-order chi connectivity index (χ1) is 10.0. The molecule has 2 fully saturated rings. The van der Waals surface area contributed by atoms with Crippen LogP contribution in [-0.4, -0.2) is 31.1 Å². The minimum atomic E-state index is -3.74. The first-order valence-corrected chi connectivity index (χ1v) is 14.1. The fraction of sp³-hybridized carbons (Fsp3) is 0.875. The second-order valence-corrected chi connectivity index (χ2v) is 16.5. The molecule has 0 amide bonds. The molecule has 0 saturated heterocycles. The third-order valence-electron chi connectivity index (χ3n) is 4.95. The van der Waals surface area contributed by atoms with Gasteiger partial charge in [0, 0.05) is 0 Å². The standard InChI is InChI=1S/2C6H11.2C2H4O2.Sn/c2*1-2-4-6-5-3-1;2*1-2(3)4;/h2*1H,2-6H2;2*1H3,(H,3,4);/q;;;;+2/p-2. The van der Waals surface area contributed by atoms with E-state index in [0.717, 1.165) is 25.7 Å². The molecule has 0 spiro atoms. The zero-order chi connectivity index (χ0) is 15.3. The summed E-state index contributed by atoms with van der Waals surface area (Å²) in [7, 11) is 0. The van der Waals surface area contributed by atoms with E-state index in [2.05, 4.69) is 0 Å². The van der Waals surface area contributed by atoms with Crippen LogP contribution in [0.1, 0.15) is 78.1 Å². The molecule has 0 N–H and O–H groups in total. The van der Waals surface area contributed by atoms with Gasteiger partial charge in [-0.1, -0.05) is 0 Å². The summed E-state index contributed by atoms with van der Waals surface area (Å²) < 4.78 is 12.6. The fourth-order valence-electron chi connectivity index (χ4n) is 4.15. The Morgan fingerprint density at radius 3 is 1.33 bits per heavy atom. The number of hydrogen-bond donors (Lipinski definition) is 0. The topological polar surface area (TPSA) is 52.6 Å². The molecular formula is C16H28O4Sn. The van der Waals surface area contributed by atoms with Crippen LogP contribution < -0.4 is 0 Å². The predicted molar refractivity (Wildman–Crippen MR) is 83.0 cm³/mol. The molecule has 0 aliphatic heterocycles. The summed E-state index contributed by atoms with van der Waals surface area (Å²) in [4.78, 5) is 23.5. The maximum atomic E-state index is 11.8. The van der Waals surface area contributed by atoms with Gasteiger partial charge in [-0.15, -0.1) is 0 Å². The first-order valence-electron chi connectivity index (χ1n) is 8.44. The Kier molecular flexibility index (Phi) is 6.38. The van der Waals surface area contributed by atoms with Crippen molar-refractivity contribution in [3.8, 4) is 0 Å². The molecule has 2 aliphatic rings. The van der Waals surface area contributed by atoms with Gasteiger partial charge >= 0.3 is 133 Å².